The summed E-state index contributed by atoms with van der Waals surface area (Å²) in [5.41, 5.74) is 3.19. The highest BCUT2D eigenvalue weighted by atomic mass is 16.4. The second-order valence-electron chi connectivity index (χ2n) is 8.93. The molecule has 1 unspecified atom stereocenters. The van der Waals surface area contributed by atoms with Gasteiger partial charge in [0.2, 0.25) is 5.91 Å². The molecular formula is C23H32N4O4. The smallest absolute Gasteiger partial charge is 0.407 e. The number of hydrogen-bond acceptors (Lipinski definition) is 4. The molecule has 0 radical (unpaired) electrons. The van der Waals surface area contributed by atoms with E-state index in [4.69, 9.17) is 5.11 Å². The van der Waals surface area contributed by atoms with Crippen LogP contribution < -0.4 is 5.32 Å². The number of benzene rings is 1. The maximum absolute atomic E-state index is 11.4. The van der Waals surface area contributed by atoms with Gasteiger partial charge in [0.25, 0.3) is 0 Å². The van der Waals surface area contributed by atoms with Gasteiger partial charge in [0.15, 0.2) is 0 Å². The Morgan fingerprint density at radius 2 is 1.87 bits per heavy atom. The molecular weight excluding hydrogens is 396 g/mol. The normalized spacial score (nSPS) is 20.1. The lowest BCUT2D eigenvalue weighted by molar-refractivity contribution is -0.114. The van der Waals surface area contributed by atoms with Crippen LogP contribution in [0.2, 0.25) is 0 Å². The fraction of sp³-hybridized carbons (Fsp3) is 0.565. The number of nitrogens with zero attached hydrogens (tertiary/aromatic N) is 2. The minimum absolute atomic E-state index is 0.0723. The third-order valence-corrected chi connectivity index (χ3v) is 6.86. The van der Waals surface area contributed by atoms with Crippen molar-refractivity contribution in [3.63, 3.8) is 0 Å². The van der Waals surface area contributed by atoms with E-state index in [0.717, 1.165) is 55.4 Å². The molecule has 0 aliphatic carbocycles. The molecule has 2 aromatic rings. The largest absolute Gasteiger partial charge is 0.465 e. The summed E-state index contributed by atoms with van der Waals surface area (Å²) in [7, 11) is 0. The van der Waals surface area contributed by atoms with Crippen molar-refractivity contribution in [1.29, 1.82) is 0 Å². The lowest BCUT2D eigenvalue weighted by atomic mass is 9.87. The van der Waals surface area contributed by atoms with Crippen molar-refractivity contribution in [1.82, 2.24) is 14.8 Å². The Bertz CT molecular complexity index is 927. The number of β-amino-alcohol motifs (C(OH)–C–C–N with tert-alkyl or cyclic N) is 1. The van der Waals surface area contributed by atoms with E-state index in [1.807, 2.05) is 18.2 Å². The molecule has 1 aromatic carbocycles. The Morgan fingerprint density at radius 1 is 1.16 bits per heavy atom. The minimum Gasteiger partial charge on any atom is -0.465 e. The van der Waals surface area contributed by atoms with Gasteiger partial charge in [0.1, 0.15) is 0 Å². The number of piperidine rings is 2. The zero-order valence-corrected chi connectivity index (χ0v) is 18.0. The number of fused-ring (bicyclic) bond motifs is 1. The van der Waals surface area contributed by atoms with Crippen molar-refractivity contribution in [3.05, 3.63) is 30.0 Å². The van der Waals surface area contributed by atoms with Gasteiger partial charge in [0, 0.05) is 49.3 Å². The molecule has 31 heavy (non-hydrogen) atoms. The SMILES string of the molecule is CC(=O)Nc1ccc2[nH]cc(C3CCN(CC(O)C4CCN(C(=O)O)CC4)CC3)c2c1. The predicted molar refractivity (Wildman–Crippen MR) is 119 cm³/mol. The summed E-state index contributed by atoms with van der Waals surface area (Å²) >= 11 is 0. The van der Waals surface area contributed by atoms with Gasteiger partial charge in [-0.15, -0.1) is 0 Å². The quantitative estimate of drug-likeness (QED) is 0.585. The molecule has 168 valence electrons. The third kappa shape index (κ3) is 5.02. The topological polar surface area (TPSA) is 109 Å². The van der Waals surface area contributed by atoms with Crippen molar-refractivity contribution in [2.24, 2.45) is 5.92 Å². The fourth-order valence-corrected chi connectivity index (χ4v) is 5.08. The molecule has 2 aliphatic rings. The molecule has 2 saturated heterocycles. The molecule has 0 bridgehead atoms. The van der Waals surface area contributed by atoms with Crippen LogP contribution >= 0.6 is 0 Å². The van der Waals surface area contributed by atoms with E-state index in [0.29, 0.717) is 25.6 Å². The summed E-state index contributed by atoms with van der Waals surface area (Å²) in [5.74, 6) is 0.555. The van der Waals surface area contributed by atoms with Gasteiger partial charge in [-0.25, -0.2) is 4.79 Å². The van der Waals surface area contributed by atoms with Gasteiger partial charge in [0.05, 0.1) is 6.10 Å². The van der Waals surface area contributed by atoms with Gasteiger partial charge in [-0.05, 0) is 74.4 Å². The van der Waals surface area contributed by atoms with Gasteiger partial charge >= 0.3 is 6.09 Å². The Kier molecular flexibility index (Phi) is 6.48. The summed E-state index contributed by atoms with van der Waals surface area (Å²) < 4.78 is 0. The van der Waals surface area contributed by atoms with E-state index in [1.54, 1.807) is 0 Å². The number of carbonyl (C=O) groups excluding carboxylic acids is 1. The Hall–Kier alpha value is -2.58. The molecule has 4 rings (SSSR count). The number of anilines is 1. The van der Waals surface area contributed by atoms with Gasteiger partial charge in [-0.3, -0.25) is 4.79 Å². The van der Waals surface area contributed by atoms with Crippen LogP contribution in [0, 0.1) is 5.92 Å². The first-order valence-corrected chi connectivity index (χ1v) is 11.2. The van der Waals surface area contributed by atoms with E-state index >= 15 is 0 Å². The first-order chi connectivity index (χ1) is 14.9. The number of H-pyrrole nitrogens is 1. The molecule has 1 atom stereocenters. The number of hydrogen-bond donors (Lipinski definition) is 4. The molecule has 1 aromatic heterocycles. The zero-order chi connectivity index (χ0) is 22.0. The van der Waals surface area contributed by atoms with Crippen LogP contribution in [-0.2, 0) is 4.79 Å². The molecule has 2 amide bonds. The van der Waals surface area contributed by atoms with E-state index in [-0.39, 0.29) is 11.8 Å². The molecule has 2 fully saturated rings. The summed E-state index contributed by atoms with van der Waals surface area (Å²) in [6.07, 6.45) is 4.35. The van der Waals surface area contributed by atoms with E-state index in [2.05, 4.69) is 21.4 Å². The van der Waals surface area contributed by atoms with Crippen LogP contribution in [0.15, 0.2) is 24.4 Å². The number of amides is 2. The Balaban J connectivity index is 1.32. The Labute approximate surface area is 182 Å². The number of likely N-dealkylation sites (tertiary alicyclic amines) is 2. The number of aromatic nitrogens is 1. The predicted octanol–water partition coefficient (Wildman–Crippen LogP) is 3.06. The van der Waals surface area contributed by atoms with Gasteiger partial charge < -0.3 is 30.3 Å². The van der Waals surface area contributed by atoms with E-state index in [9.17, 15) is 14.7 Å². The highest BCUT2D eigenvalue weighted by Crippen LogP contribution is 2.34. The number of aliphatic hydroxyl groups excluding tert-OH is 1. The second-order valence-corrected chi connectivity index (χ2v) is 8.93. The van der Waals surface area contributed by atoms with Crippen LogP contribution in [0.1, 0.15) is 44.1 Å². The minimum atomic E-state index is -0.864. The molecule has 0 spiro atoms. The Morgan fingerprint density at radius 3 is 2.52 bits per heavy atom. The first kappa shape index (κ1) is 21.6. The molecule has 3 heterocycles. The molecule has 8 heteroatoms. The number of nitrogens with one attached hydrogen (secondary N) is 2. The number of carbonyl (C=O) groups is 2. The van der Waals surface area contributed by atoms with Crippen LogP contribution in [-0.4, -0.2) is 75.8 Å². The van der Waals surface area contributed by atoms with Crippen molar-refractivity contribution in [2.75, 3.05) is 38.0 Å². The lowest BCUT2D eigenvalue weighted by Gasteiger charge is -2.37. The zero-order valence-electron chi connectivity index (χ0n) is 18.0. The monoisotopic (exact) mass is 428 g/mol. The number of aliphatic hydroxyl groups is 1. The molecule has 2 aliphatic heterocycles. The van der Waals surface area contributed by atoms with Crippen molar-refractivity contribution in [3.8, 4) is 0 Å². The maximum Gasteiger partial charge on any atom is 0.407 e. The van der Waals surface area contributed by atoms with Crippen molar-refractivity contribution < 1.29 is 19.8 Å². The average molecular weight is 429 g/mol. The van der Waals surface area contributed by atoms with Crippen molar-refractivity contribution in [2.45, 2.75) is 44.6 Å². The van der Waals surface area contributed by atoms with Crippen LogP contribution in [0.4, 0.5) is 10.5 Å². The molecule has 4 N–H and O–H groups in total. The van der Waals surface area contributed by atoms with E-state index < -0.39 is 12.2 Å². The van der Waals surface area contributed by atoms with E-state index in [1.165, 1.54) is 17.4 Å². The number of aromatic amines is 1. The van der Waals surface area contributed by atoms with Crippen molar-refractivity contribution >= 4 is 28.6 Å². The number of rotatable bonds is 5. The van der Waals surface area contributed by atoms with Crippen LogP contribution in [0.25, 0.3) is 10.9 Å². The lowest BCUT2D eigenvalue weighted by Crippen LogP contribution is -2.45. The highest BCUT2D eigenvalue weighted by Gasteiger charge is 2.30. The summed E-state index contributed by atoms with van der Waals surface area (Å²) in [6.45, 7) is 5.08. The second kappa shape index (κ2) is 9.28. The maximum atomic E-state index is 11.4. The fourth-order valence-electron chi connectivity index (χ4n) is 5.08. The molecule has 8 nitrogen and oxygen atoms in total. The number of carboxylic acid groups (broad SMARTS) is 1. The summed E-state index contributed by atoms with van der Waals surface area (Å²) in [6, 6.07) is 5.96. The van der Waals surface area contributed by atoms with Crippen LogP contribution in [0.5, 0.6) is 0 Å². The van der Waals surface area contributed by atoms with Gasteiger partial charge in [-0.2, -0.15) is 0 Å². The standard InChI is InChI=1S/C23H32N4O4/c1-15(28)25-18-2-3-21-19(12-18)20(13-24-21)16-4-8-26(9-5-16)14-22(29)17-6-10-27(11-7-17)23(30)31/h2-3,12-13,16-17,22,24,29H,4-11,14H2,1H3,(H,25,28)(H,30,31). The summed E-state index contributed by atoms with van der Waals surface area (Å²) in [5, 5.41) is 23.8. The van der Waals surface area contributed by atoms with Crippen LogP contribution in [0.3, 0.4) is 0 Å². The molecule has 0 saturated carbocycles. The first-order valence-electron chi connectivity index (χ1n) is 11.2. The average Bonchev–Trinajstić information content (AvgIpc) is 3.17. The summed E-state index contributed by atoms with van der Waals surface area (Å²) in [4.78, 5) is 29.6. The highest BCUT2D eigenvalue weighted by molar-refractivity contribution is 5.93. The third-order valence-electron chi connectivity index (χ3n) is 6.86. The van der Waals surface area contributed by atoms with Gasteiger partial charge in [-0.1, -0.05) is 0 Å².